The third-order valence-corrected chi connectivity index (χ3v) is 3.41. The van der Waals surface area contributed by atoms with E-state index in [2.05, 4.69) is 23.5 Å². The number of halogens is 3. The summed E-state index contributed by atoms with van der Waals surface area (Å²) in [6.45, 7) is 2.47. The molecule has 0 fully saturated rings. The Bertz CT molecular complexity index is 412. The number of rotatable bonds is 4. The molecule has 1 nitrogen and oxygen atoms in total. The van der Waals surface area contributed by atoms with E-state index < -0.39 is 12.6 Å². The van der Waals surface area contributed by atoms with E-state index >= 15 is 0 Å². The molecule has 18 heavy (non-hydrogen) atoms. The average Bonchev–Trinajstić information content (AvgIpc) is 2.66. The monoisotopic (exact) mass is 257 g/mol. The van der Waals surface area contributed by atoms with Gasteiger partial charge in [-0.3, -0.25) is 0 Å². The van der Waals surface area contributed by atoms with Crippen LogP contribution in [0.2, 0.25) is 0 Å². The number of nitrogens with one attached hydrogen (secondary N) is 1. The third-order valence-electron chi connectivity index (χ3n) is 3.41. The average molecular weight is 257 g/mol. The number of aryl methyl sites for hydroxylation is 2. The molecule has 0 saturated heterocycles. The molecule has 1 aliphatic carbocycles. The van der Waals surface area contributed by atoms with Gasteiger partial charge in [0, 0.05) is 12.5 Å². The highest BCUT2D eigenvalue weighted by Crippen LogP contribution is 2.31. The van der Waals surface area contributed by atoms with Crippen LogP contribution in [0.15, 0.2) is 18.2 Å². The van der Waals surface area contributed by atoms with Gasteiger partial charge in [0.05, 0.1) is 0 Å². The highest BCUT2D eigenvalue weighted by Gasteiger charge is 2.27. The van der Waals surface area contributed by atoms with Gasteiger partial charge in [-0.1, -0.05) is 23.8 Å². The molecule has 100 valence electrons. The van der Waals surface area contributed by atoms with Crippen LogP contribution in [-0.2, 0) is 6.42 Å². The van der Waals surface area contributed by atoms with E-state index in [1.54, 1.807) is 0 Å². The quantitative estimate of drug-likeness (QED) is 0.806. The summed E-state index contributed by atoms with van der Waals surface area (Å²) in [5, 5.41) is 3.24. The molecule has 0 bridgehead atoms. The highest BCUT2D eigenvalue weighted by molar-refractivity contribution is 5.37. The summed E-state index contributed by atoms with van der Waals surface area (Å²) in [5.74, 6) is 0. The molecule has 1 aliphatic rings. The van der Waals surface area contributed by atoms with Crippen LogP contribution < -0.4 is 5.32 Å². The van der Waals surface area contributed by atoms with Gasteiger partial charge in [-0.15, -0.1) is 0 Å². The summed E-state index contributed by atoms with van der Waals surface area (Å²) >= 11 is 0. The number of fused-ring (bicyclic) bond motifs is 1. The molecule has 1 aromatic rings. The van der Waals surface area contributed by atoms with Crippen molar-refractivity contribution >= 4 is 0 Å². The number of hydrogen-bond acceptors (Lipinski definition) is 1. The van der Waals surface area contributed by atoms with Crippen LogP contribution in [0.4, 0.5) is 13.2 Å². The molecule has 2 rings (SSSR count). The van der Waals surface area contributed by atoms with Crippen molar-refractivity contribution < 1.29 is 13.2 Å². The molecule has 1 atom stereocenters. The Hall–Kier alpha value is -1.03. The van der Waals surface area contributed by atoms with Gasteiger partial charge in [-0.05, 0) is 43.9 Å². The molecule has 4 heteroatoms. The number of benzene rings is 1. The van der Waals surface area contributed by atoms with Gasteiger partial charge in [0.2, 0.25) is 0 Å². The molecule has 0 aromatic heterocycles. The first-order valence-electron chi connectivity index (χ1n) is 6.35. The summed E-state index contributed by atoms with van der Waals surface area (Å²) in [6, 6.07) is 6.59. The Morgan fingerprint density at radius 3 is 2.83 bits per heavy atom. The zero-order valence-corrected chi connectivity index (χ0v) is 10.5. The van der Waals surface area contributed by atoms with Crippen molar-refractivity contribution in [1.29, 1.82) is 0 Å². The van der Waals surface area contributed by atoms with Crippen molar-refractivity contribution in [3.63, 3.8) is 0 Å². The van der Waals surface area contributed by atoms with Gasteiger partial charge < -0.3 is 5.32 Å². The second-order valence-electron chi connectivity index (χ2n) is 4.97. The zero-order valence-electron chi connectivity index (χ0n) is 10.5. The Morgan fingerprint density at radius 1 is 1.33 bits per heavy atom. The van der Waals surface area contributed by atoms with Gasteiger partial charge in [0.1, 0.15) is 0 Å². The van der Waals surface area contributed by atoms with Gasteiger partial charge >= 0.3 is 6.18 Å². The van der Waals surface area contributed by atoms with E-state index in [-0.39, 0.29) is 12.5 Å². The minimum Gasteiger partial charge on any atom is -0.310 e. The molecular weight excluding hydrogens is 239 g/mol. The summed E-state index contributed by atoms with van der Waals surface area (Å²) < 4.78 is 36.1. The van der Waals surface area contributed by atoms with Gasteiger partial charge in [-0.2, -0.15) is 13.2 Å². The molecule has 0 radical (unpaired) electrons. The maximum Gasteiger partial charge on any atom is 0.389 e. The molecule has 1 aromatic carbocycles. The fraction of sp³-hybridized carbons (Fsp3) is 0.571. The lowest BCUT2D eigenvalue weighted by atomic mass is 10.0. The smallest absolute Gasteiger partial charge is 0.310 e. The van der Waals surface area contributed by atoms with Crippen LogP contribution in [-0.4, -0.2) is 12.7 Å². The topological polar surface area (TPSA) is 12.0 Å². The van der Waals surface area contributed by atoms with Crippen molar-refractivity contribution in [3.8, 4) is 0 Å². The minimum atomic E-state index is -4.04. The molecule has 1 unspecified atom stereocenters. The predicted octanol–water partition coefficient (Wildman–Crippen LogP) is 3.91. The molecule has 0 saturated carbocycles. The van der Waals surface area contributed by atoms with Crippen LogP contribution in [0, 0.1) is 6.92 Å². The second kappa shape index (κ2) is 5.31. The van der Waals surface area contributed by atoms with Gasteiger partial charge in [0.15, 0.2) is 0 Å². The summed E-state index contributed by atoms with van der Waals surface area (Å²) in [7, 11) is 0. The fourth-order valence-corrected chi connectivity index (χ4v) is 2.50. The van der Waals surface area contributed by atoms with Crippen LogP contribution in [0.1, 0.15) is 42.0 Å². The van der Waals surface area contributed by atoms with E-state index in [0.29, 0.717) is 6.54 Å². The maximum atomic E-state index is 12.0. The fourth-order valence-electron chi connectivity index (χ4n) is 2.50. The zero-order chi connectivity index (χ0) is 13.2. The van der Waals surface area contributed by atoms with E-state index in [4.69, 9.17) is 0 Å². The first-order valence-corrected chi connectivity index (χ1v) is 6.35. The lowest BCUT2D eigenvalue weighted by Crippen LogP contribution is -2.22. The molecule has 1 N–H and O–H groups in total. The number of alkyl halides is 3. The van der Waals surface area contributed by atoms with Crippen LogP contribution in [0.5, 0.6) is 0 Å². The SMILES string of the molecule is Cc1ccc2c(c1)C(NCCCC(F)(F)F)CC2. The van der Waals surface area contributed by atoms with Crippen LogP contribution >= 0.6 is 0 Å². The van der Waals surface area contributed by atoms with Crippen molar-refractivity contribution in [2.75, 3.05) is 6.54 Å². The first-order chi connectivity index (χ1) is 8.46. The molecule has 0 heterocycles. The Kier molecular flexibility index (Phi) is 3.95. The highest BCUT2D eigenvalue weighted by atomic mass is 19.4. The van der Waals surface area contributed by atoms with E-state index in [1.807, 2.05) is 6.92 Å². The van der Waals surface area contributed by atoms with E-state index in [9.17, 15) is 13.2 Å². The van der Waals surface area contributed by atoms with Gasteiger partial charge in [-0.25, -0.2) is 0 Å². The second-order valence-corrected chi connectivity index (χ2v) is 4.97. The number of hydrogen-bond donors (Lipinski definition) is 1. The van der Waals surface area contributed by atoms with E-state index in [0.717, 1.165) is 12.8 Å². The largest absolute Gasteiger partial charge is 0.389 e. The van der Waals surface area contributed by atoms with Crippen LogP contribution in [0.25, 0.3) is 0 Å². The van der Waals surface area contributed by atoms with Crippen molar-refractivity contribution in [2.45, 2.75) is 44.8 Å². The summed E-state index contributed by atoms with van der Waals surface area (Å²) in [5.41, 5.74) is 3.80. The standard InChI is InChI=1S/C14H18F3N/c1-10-3-4-11-5-6-13(12(11)9-10)18-8-2-7-14(15,16)17/h3-4,9,13,18H,2,5-8H2,1H3. The van der Waals surface area contributed by atoms with Crippen LogP contribution in [0.3, 0.4) is 0 Å². The molecule has 0 aliphatic heterocycles. The van der Waals surface area contributed by atoms with Crippen molar-refractivity contribution in [2.24, 2.45) is 0 Å². The predicted molar refractivity (Wildman–Crippen MR) is 65.5 cm³/mol. The normalized spacial score (nSPS) is 19.0. The minimum absolute atomic E-state index is 0.154. The van der Waals surface area contributed by atoms with Crippen molar-refractivity contribution in [3.05, 3.63) is 34.9 Å². The molecular formula is C14H18F3N. The Balaban J connectivity index is 1.85. The van der Waals surface area contributed by atoms with E-state index in [1.165, 1.54) is 16.7 Å². The van der Waals surface area contributed by atoms with Crippen molar-refractivity contribution in [1.82, 2.24) is 5.32 Å². The maximum absolute atomic E-state index is 12.0. The third kappa shape index (κ3) is 3.48. The molecule has 0 spiro atoms. The Morgan fingerprint density at radius 2 is 2.11 bits per heavy atom. The lowest BCUT2D eigenvalue weighted by molar-refractivity contribution is -0.135. The lowest BCUT2D eigenvalue weighted by Gasteiger charge is -2.15. The summed E-state index contributed by atoms with van der Waals surface area (Å²) in [6.07, 6.45) is -2.57. The van der Waals surface area contributed by atoms with Gasteiger partial charge in [0.25, 0.3) is 0 Å². The Labute approximate surface area is 105 Å². The summed E-state index contributed by atoms with van der Waals surface area (Å²) in [4.78, 5) is 0. The first kappa shape index (κ1) is 13.4. The molecule has 0 amide bonds.